The first kappa shape index (κ1) is 22.4. The number of hydrogen-bond acceptors (Lipinski definition) is 3. The zero-order chi connectivity index (χ0) is 20.0. The number of nitrogens with zero attached hydrogens (tertiary/aromatic N) is 2. The van der Waals surface area contributed by atoms with E-state index in [1.54, 1.807) is 0 Å². The van der Waals surface area contributed by atoms with Crippen LogP contribution in [0.1, 0.15) is 84.1 Å². The third kappa shape index (κ3) is 8.41. The van der Waals surface area contributed by atoms with Crippen LogP contribution in [0.5, 0.6) is 5.75 Å². The van der Waals surface area contributed by atoms with Gasteiger partial charge in [-0.3, -0.25) is 0 Å². The highest BCUT2D eigenvalue weighted by molar-refractivity contribution is 5.55. The molecule has 0 saturated heterocycles. The molecule has 3 nitrogen and oxygen atoms in total. The van der Waals surface area contributed by atoms with Gasteiger partial charge in [-0.05, 0) is 61.4 Å². The molecule has 0 aliphatic carbocycles. The van der Waals surface area contributed by atoms with E-state index < -0.39 is 0 Å². The first-order valence-corrected chi connectivity index (χ1v) is 11.3. The van der Waals surface area contributed by atoms with Crippen molar-refractivity contribution in [2.24, 2.45) is 5.92 Å². The average Bonchev–Trinajstić information content (AvgIpc) is 2.74. The fourth-order valence-corrected chi connectivity index (χ4v) is 3.25. The van der Waals surface area contributed by atoms with E-state index in [-0.39, 0.29) is 0 Å². The molecule has 28 heavy (non-hydrogen) atoms. The van der Waals surface area contributed by atoms with E-state index in [0.717, 1.165) is 42.5 Å². The van der Waals surface area contributed by atoms with Crippen LogP contribution in [0.25, 0.3) is 11.4 Å². The molecule has 0 radical (unpaired) electrons. The second kappa shape index (κ2) is 13.3. The monoisotopic (exact) mass is 382 g/mol. The lowest BCUT2D eigenvalue weighted by Gasteiger charge is -2.09. The predicted molar refractivity (Wildman–Crippen MR) is 119 cm³/mol. The Morgan fingerprint density at radius 2 is 1.57 bits per heavy atom. The van der Waals surface area contributed by atoms with Gasteiger partial charge in [0.05, 0.1) is 6.61 Å². The smallest absolute Gasteiger partial charge is 0.159 e. The topological polar surface area (TPSA) is 35.0 Å². The van der Waals surface area contributed by atoms with Crippen LogP contribution in [-0.2, 0) is 6.42 Å². The lowest BCUT2D eigenvalue weighted by molar-refractivity contribution is 0.300. The minimum Gasteiger partial charge on any atom is -0.494 e. The van der Waals surface area contributed by atoms with Gasteiger partial charge in [0.15, 0.2) is 5.82 Å². The van der Waals surface area contributed by atoms with Crippen molar-refractivity contribution in [1.82, 2.24) is 9.97 Å². The summed E-state index contributed by atoms with van der Waals surface area (Å²) in [4.78, 5) is 9.11. The lowest BCUT2D eigenvalue weighted by Crippen LogP contribution is -1.99. The Bertz CT molecular complexity index is 637. The molecule has 0 saturated carbocycles. The molecule has 2 aromatic rings. The van der Waals surface area contributed by atoms with Crippen LogP contribution >= 0.6 is 0 Å². The molecule has 0 amide bonds. The van der Waals surface area contributed by atoms with Gasteiger partial charge in [0.25, 0.3) is 0 Å². The summed E-state index contributed by atoms with van der Waals surface area (Å²) in [5.41, 5.74) is 2.27. The van der Waals surface area contributed by atoms with Gasteiger partial charge in [-0.25, -0.2) is 9.97 Å². The molecule has 0 N–H and O–H groups in total. The fraction of sp³-hybridized carbons (Fsp3) is 0.600. The molecule has 0 aliphatic heterocycles. The van der Waals surface area contributed by atoms with Crippen LogP contribution in [0.4, 0.5) is 0 Å². The van der Waals surface area contributed by atoms with E-state index in [9.17, 15) is 0 Å². The van der Waals surface area contributed by atoms with Crippen molar-refractivity contribution in [3.63, 3.8) is 0 Å². The number of unbranched alkanes of at least 4 members (excludes halogenated alkanes) is 5. The second-order valence-electron chi connectivity index (χ2n) is 7.96. The maximum Gasteiger partial charge on any atom is 0.159 e. The number of benzene rings is 1. The highest BCUT2D eigenvalue weighted by Gasteiger charge is 2.03. The van der Waals surface area contributed by atoms with Crippen molar-refractivity contribution in [3.8, 4) is 17.1 Å². The maximum atomic E-state index is 5.86. The van der Waals surface area contributed by atoms with Gasteiger partial charge >= 0.3 is 0 Å². The quantitative estimate of drug-likeness (QED) is 0.323. The summed E-state index contributed by atoms with van der Waals surface area (Å²) in [6, 6.07) is 8.15. The Labute approximate surface area is 172 Å². The zero-order valence-electron chi connectivity index (χ0n) is 18.1. The lowest BCUT2D eigenvalue weighted by atomic mass is 10.0. The van der Waals surface area contributed by atoms with Gasteiger partial charge in [0, 0.05) is 18.0 Å². The third-order valence-electron chi connectivity index (χ3n) is 5.44. The third-order valence-corrected chi connectivity index (χ3v) is 5.44. The summed E-state index contributed by atoms with van der Waals surface area (Å²) in [5, 5.41) is 0. The van der Waals surface area contributed by atoms with E-state index in [0.29, 0.717) is 0 Å². The van der Waals surface area contributed by atoms with Gasteiger partial charge in [-0.2, -0.15) is 0 Å². The normalized spacial score (nSPS) is 12.1. The predicted octanol–water partition coefficient (Wildman–Crippen LogP) is 7.25. The number of aryl methyl sites for hydroxylation is 1. The molecule has 0 spiro atoms. The Hall–Kier alpha value is -1.90. The van der Waals surface area contributed by atoms with Gasteiger partial charge in [0.2, 0.25) is 0 Å². The average molecular weight is 383 g/mol. The molecule has 0 fully saturated rings. The highest BCUT2D eigenvalue weighted by Crippen LogP contribution is 2.20. The molecule has 154 valence electrons. The summed E-state index contributed by atoms with van der Waals surface area (Å²) in [7, 11) is 0. The minimum absolute atomic E-state index is 0.787. The van der Waals surface area contributed by atoms with E-state index in [1.165, 1.54) is 56.9 Å². The van der Waals surface area contributed by atoms with Crippen molar-refractivity contribution < 1.29 is 4.74 Å². The molecule has 1 unspecified atom stereocenters. The van der Waals surface area contributed by atoms with E-state index >= 15 is 0 Å². The Kier molecular flexibility index (Phi) is 10.6. The molecular weight excluding hydrogens is 344 g/mol. The molecule has 1 aromatic heterocycles. The Morgan fingerprint density at radius 3 is 2.25 bits per heavy atom. The van der Waals surface area contributed by atoms with Crippen molar-refractivity contribution in [1.29, 1.82) is 0 Å². The fourth-order valence-electron chi connectivity index (χ4n) is 3.25. The van der Waals surface area contributed by atoms with Crippen LogP contribution in [0.15, 0.2) is 36.7 Å². The summed E-state index contributed by atoms with van der Waals surface area (Å²) >= 11 is 0. The van der Waals surface area contributed by atoms with Crippen molar-refractivity contribution in [2.45, 2.75) is 85.0 Å². The van der Waals surface area contributed by atoms with Crippen LogP contribution in [0.3, 0.4) is 0 Å². The minimum atomic E-state index is 0.787. The van der Waals surface area contributed by atoms with Crippen LogP contribution in [0.2, 0.25) is 0 Å². The SMILES string of the molecule is CCCCCCCc1cnc(-c2ccc(OCCCCC(C)CC)cc2)nc1. The maximum absolute atomic E-state index is 5.86. The molecule has 2 rings (SSSR count). The molecule has 0 bridgehead atoms. The molecule has 3 heteroatoms. The summed E-state index contributed by atoms with van der Waals surface area (Å²) in [6.45, 7) is 7.62. The van der Waals surface area contributed by atoms with Gasteiger partial charge in [0.1, 0.15) is 5.75 Å². The molecule has 0 aliphatic rings. The van der Waals surface area contributed by atoms with Crippen molar-refractivity contribution >= 4 is 0 Å². The standard InChI is InChI=1S/C25H38N2O/c1-4-6-7-8-9-13-22-19-26-25(27-20-22)23-14-16-24(17-15-23)28-18-11-10-12-21(3)5-2/h14-17,19-21H,4-13,18H2,1-3H3. The molecule has 1 heterocycles. The van der Waals surface area contributed by atoms with Gasteiger partial charge < -0.3 is 4.74 Å². The Morgan fingerprint density at radius 1 is 0.857 bits per heavy atom. The van der Waals surface area contributed by atoms with E-state index in [4.69, 9.17) is 4.74 Å². The van der Waals surface area contributed by atoms with E-state index in [1.807, 2.05) is 36.7 Å². The largest absolute Gasteiger partial charge is 0.494 e. The first-order valence-electron chi connectivity index (χ1n) is 11.3. The van der Waals surface area contributed by atoms with Gasteiger partial charge in [-0.1, -0.05) is 59.3 Å². The first-order chi connectivity index (χ1) is 13.7. The van der Waals surface area contributed by atoms with E-state index in [2.05, 4.69) is 30.7 Å². The molecule has 1 aromatic carbocycles. The summed E-state index contributed by atoms with van der Waals surface area (Å²) < 4.78 is 5.86. The number of aromatic nitrogens is 2. The second-order valence-corrected chi connectivity index (χ2v) is 7.96. The Balaban J connectivity index is 1.73. The van der Waals surface area contributed by atoms with Gasteiger partial charge in [-0.15, -0.1) is 0 Å². The number of ether oxygens (including phenoxy) is 1. The number of rotatable bonds is 14. The van der Waals surface area contributed by atoms with Crippen LogP contribution in [-0.4, -0.2) is 16.6 Å². The van der Waals surface area contributed by atoms with Crippen molar-refractivity contribution in [2.75, 3.05) is 6.61 Å². The number of hydrogen-bond donors (Lipinski definition) is 0. The molecular formula is C25H38N2O. The van der Waals surface area contributed by atoms with Crippen LogP contribution in [0, 0.1) is 5.92 Å². The highest BCUT2D eigenvalue weighted by atomic mass is 16.5. The summed E-state index contributed by atoms with van der Waals surface area (Å²) in [6.07, 6.45) is 16.5. The summed E-state index contributed by atoms with van der Waals surface area (Å²) in [5.74, 6) is 2.54. The van der Waals surface area contributed by atoms with Crippen molar-refractivity contribution in [3.05, 3.63) is 42.2 Å². The molecule has 1 atom stereocenters. The zero-order valence-corrected chi connectivity index (χ0v) is 18.1. The van der Waals surface area contributed by atoms with Crippen LogP contribution < -0.4 is 4.74 Å².